The third-order valence-corrected chi connectivity index (χ3v) is 3.60. The van der Waals surface area contributed by atoms with Gasteiger partial charge in [-0.05, 0) is 31.2 Å². The van der Waals surface area contributed by atoms with Crippen LogP contribution in [0.25, 0.3) is 11.0 Å². The van der Waals surface area contributed by atoms with E-state index in [0.717, 1.165) is 16.3 Å². The number of allylic oxidation sites excluding steroid dienone is 1. The van der Waals surface area contributed by atoms with E-state index in [2.05, 4.69) is 9.97 Å². The number of aryl methyl sites for hydroxylation is 1. The topological polar surface area (TPSA) is 47.3 Å². The summed E-state index contributed by atoms with van der Waals surface area (Å²) >= 11 is 1.58. The molecular weight excluding hydrogens is 258 g/mol. The van der Waals surface area contributed by atoms with Crippen molar-refractivity contribution in [1.29, 1.82) is 0 Å². The van der Waals surface area contributed by atoms with E-state index >= 15 is 0 Å². The van der Waals surface area contributed by atoms with Crippen molar-refractivity contribution < 1.29 is 4.79 Å². The zero-order chi connectivity index (χ0) is 13.2. The van der Waals surface area contributed by atoms with Crippen molar-refractivity contribution >= 4 is 28.2 Å². The van der Waals surface area contributed by atoms with Crippen molar-refractivity contribution in [2.45, 2.75) is 6.92 Å². The van der Waals surface area contributed by atoms with Crippen LogP contribution in [0.5, 0.6) is 0 Å². The monoisotopic (exact) mass is 269 g/mol. The lowest BCUT2D eigenvalue weighted by molar-refractivity contribution is 0.104. The Kier molecular flexibility index (Phi) is 2.97. The van der Waals surface area contributed by atoms with Crippen molar-refractivity contribution in [3.63, 3.8) is 0 Å². The Morgan fingerprint density at radius 3 is 2.95 bits per heavy atom. The minimum atomic E-state index is -0.0352. The number of aromatic nitrogens is 3. The Bertz CT molecular complexity index is 755. The molecule has 0 atom stereocenters. The first-order chi connectivity index (χ1) is 9.25. The highest BCUT2D eigenvalue weighted by Crippen LogP contribution is 2.18. The molecule has 3 heterocycles. The van der Waals surface area contributed by atoms with Gasteiger partial charge < -0.3 is 0 Å². The predicted molar refractivity (Wildman–Crippen MR) is 75.4 cm³/mol. The summed E-state index contributed by atoms with van der Waals surface area (Å²) in [5.74, 6) is -0.0352. The lowest BCUT2D eigenvalue weighted by Crippen LogP contribution is -1.94. The number of hydrogen-bond acceptors (Lipinski definition) is 4. The van der Waals surface area contributed by atoms with Crippen LogP contribution >= 0.6 is 11.3 Å². The molecule has 0 aliphatic carbocycles. The van der Waals surface area contributed by atoms with E-state index in [1.165, 1.54) is 0 Å². The molecule has 0 aliphatic heterocycles. The first-order valence-corrected chi connectivity index (χ1v) is 6.68. The summed E-state index contributed by atoms with van der Waals surface area (Å²) in [6.45, 7) is 1.94. The summed E-state index contributed by atoms with van der Waals surface area (Å²) in [5.41, 5.74) is 2.50. The van der Waals surface area contributed by atoms with Gasteiger partial charge in [-0.2, -0.15) is 0 Å². The molecule has 19 heavy (non-hydrogen) atoms. The number of pyridine rings is 1. The van der Waals surface area contributed by atoms with E-state index < -0.39 is 0 Å². The van der Waals surface area contributed by atoms with Gasteiger partial charge in [0.1, 0.15) is 0 Å². The van der Waals surface area contributed by atoms with Crippen LogP contribution in [0.3, 0.4) is 0 Å². The Labute approximate surface area is 114 Å². The van der Waals surface area contributed by atoms with Crippen LogP contribution in [0.15, 0.2) is 42.2 Å². The van der Waals surface area contributed by atoms with Crippen molar-refractivity contribution in [2.75, 3.05) is 0 Å². The zero-order valence-electron chi connectivity index (χ0n) is 10.3. The highest BCUT2D eigenvalue weighted by atomic mass is 32.1. The van der Waals surface area contributed by atoms with Gasteiger partial charge >= 0.3 is 0 Å². The van der Waals surface area contributed by atoms with Crippen LogP contribution < -0.4 is 0 Å². The lowest BCUT2D eigenvalue weighted by atomic mass is 10.1. The molecule has 3 aromatic heterocycles. The minimum Gasteiger partial charge on any atom is -0.291 e. The van der Waals surface area contributed by atoms with Crippen LogP contribution in [0, 0.1) is 6.92 Å². The fraction of sp³-hybridized carbons (Fsp3) is 0.0714. The van der Waals surface area contributed by atoms with E-state index in [0.29, 0.717) is 5.56 Å². The molecule has 0 radical (unpaired) electrons. The number of imidazole rings is 1. The van der Waals surface area contributed by atoms with Gasteiger partial charge in [0.25, 0.3) is 0 Å². The van der Waals surface area contributed by atoms with E-state index in [9.17, 15) is 4.79 Å². The van der Waals surface area contributed by atoms with Crippen LogP contribution in [0.1, 0.15) is 21.7 Å². The van der Waals surface area contributed by atoms with Crippen molar-refractivity contribution in [1.82, 2.24) is 14.4 Å². The summed E-state index contributed by atoms with van der Waals surface area (Å²) in [5, 5.41) is 1.98. The lowest BCUT2D eigenvalue weighted by Gasteiger charge is -1.95. The maximum atomic E-state index is 12.0. The van der Waals surface area contributed by atoms with E-state index in [4.69, 9.17) is 0 Å². The largest absolute Gasteiger partial charge is 0.291 e. The standard InChI is InChI=1S/C14H11N3OS/c1-10-12(17-8-9-19-14(17)16-10)2-3-13(18)11-4-6-15-7-5-11/h2-9H,1H3/b3-2+. The Balaban J connectivity index is 1.92. The molecule has 0 amide bonds. The molecule has 0 spiro atoms. The summed E-state index contributed by atoms with van der Waals surface area (Å²) < 4.78 is 1.98. The number of carbonyl (C=O) groups excluding carboxylic acids is 1. The molecule has 94 valence electrons. The molecule has 0 N–H and O–H groups in total. The molecule has 0 aromatic carbocycles. The number of ketones is 1. The number of fused-ring (bicyclic) bond motifs is 1. The third-order valence-electron chi connectivity index (χ3n) is 2.84. The first kappa shape index (κ1) is 11.8. The second-order valence-corrected chi connectivity index (χ2v) is 4.94. The van der Waals surface area contributed by atoms with Gasteiger partial charge in [0.15, 0.2) is 10.7 Å². The fourth-order valence-corrected chi connectivity index (χ4v) is 2.65. The maximum Gasteiger partial charge on any atom is 0.194 e. The Morgan fingerprint density at radius 1 is 1.37 bits per heavy atom. The van der Waals surface area contributed by atoms with Crippen molar-refractivity contribution in [3.05, 3.63) is 59.1 Å². The summed E-state index contributed by atoms with van der Waals surface area (Å²) in [6, 6.07) is 3.41. The number of carbonyl (C=O) groups is 1. The summed E-state index contributed by atoms with van der Waals surface area (Å²) in [6.07, 6.45) is 8.56. The van der Waals surface area contributed by atoms with Crippen LogP contribution in [-0.4, -0.2) is 20.2 Å². The fourth-order valence-electron chi connectivity index (χ4n) is 1.88. The van der Waals surface area contributed by atoms with Crippen molar-refractivity contribution in [2.24, 2.45) is 0 Å². The quantitative estimate of drug-likeness (QED) is 0.542. The molecule has 0 saturated heterocycles. The summed E-state index contributed by atoms with van der Waals surface area (Å²) in [4.78, 5) is 21.3. The van der Waals surface area contributed by atoms with Crippen LogP contribution in [0.2, 0.25) is 0 Å². The second kappa shape index (κ2) is 4.78. The predicted octanol–water partition coefficient (Wildman–Crippen LogP) is 3.00. The van der Waals surface area contributed by atoms with Gasteiger partial charge in [0, 0.05) is 29.5 Å². The molecule has 4 nitrogen and oxygen atoms in total. The Hall–Kier alpha value is -2.27. The van der Waals surface area contributed by atoms with E-state index in [-0.39, 0.29) is 5.78 Å². The molecule has 0 aliphatic rings. The maximum absolute atomic E-state index is 12.0. The van der Waals surface area contributed by atoms with Gasteiger partial charge in [-0.25, -0.2) is 4.98 Å². The Morgan fingerprint density at radius 2 is 2.16 bits per heavy atom. The average Bonchev–Trinajstić information content (AvgIpc) is 2.98. The van der Waals surface area contributed by atoms with E-state index in [1.807, 2.05) is 29.0 Å². The molecular formula is C14H11N3OS. The van der Waals surface area contributed by atoms with Gasteiger partial charge in [-0.3, -0.25) is 14.2 Å². The number of thiazole rings is 1. The number of rotatable bonds is 3. The zero-order valence-corrected chi connectivity index (χ0v) is 11.1. The first-order valence-electron chi connectivity index (χ1n) is 5.80. The van der Waals surface area contributed by atoms with Gasteiger partial charge in [0.05, 0.1) is 11.4 Å². The molecule has 3 rings (SSSR count). The number of nitrogens with zero attached hydrogens (tertiary/aromatic N) is 3. The second-order valence-electron chi connectivity index (χ2n) is 4.07. The number of hydrogen-bond donors (Lipinski definition) is 0. The van der Waals surface area contributed by atoms with Gasteiger partial charge in [0.2, 0.25) is 0 Å². The average molecular weight is 269 g/mol. The van der Waals surface area contributed by atoms with Crippen LogP contribution in [-0.2, 0) is 0 Å². The molecule has 5 heteroatoms. The van der Waals surface area contributed by atoms with E-state index in [1.54, 1.807) is 41.9 Å². The van der Waals surface area contributed by atoms with Crippen LogP contribution in [0.4, 0.5) is 0 Å². The normalized spacial score (nSPS) is 11.4. The van der Waals surface area contributed by atoms with Gasteiger partial charge in [-0.15, -0.1) is 11.3 Å². The van der Waals surface area contributed by atoms with Crippen molar-refractivity contribution in [3.8, 4) is 0 Å². The summed E-state index contributed by atoms with van der Waals surface area (Å²) in [7, 11) is 0. The van der Waals surface area contributed by atoms with Gasteiger partial charge in [-0.1, -0.05) is 0 Å². The highest BCUT2D eigenvalue weighted by molar-refractivity contribution is 7.15. The smallest absolute Gasteiger partial charge is 0.194 e. The molecule has 0 unspecified atom stereocenters. The molecule has 0 fully saturated rings. The molecule has 0 saturated carbocycles. The minimum absolute atomic E-state index is 0.0352. The highest BCUT2D eigenvalue weighted by Gasteiger charge is 2.07. The molecule has 3 aromatic rings. The third kappa shape index (κ3) is 2.20. The SMILES string of the molecule is Cc1nc2sccn2c1/C=C/C(=O)c1ccncc1. The molecule has 0 bridgehead atoms.